The molecule has 40 heavy (non-hydrogen) atoms. The molecule has 4 aromatic rings. The zero-order chi connectivity index (χ0) is 27.6. The number of aromatic nitrogens is 3. The molecule has 1 saturated heterocycles. The van der Waals surface area contributed by atoms with E-state index < -0.39 is 0 Å². The number of amides is 2. The summed E-state index contributed by atoms with van der Waals surface area (Å²) < 4.78 is 11.5. The van der Waals surface area contributed by atoms with Crippen LogP contribution in [0, 0.1) is 0 Å². The predicted octanol–water partition coefficient (Wildman–Crippen LogP) is 5.76. The molecule has 3 heterocycles. The van der Waals surface area contributed by atoms with Crippen LogP contribution in [-0.2, 0) is 4.74 Å². The highest BCUT2D eigenvalue weighted by Gasteiger charge is 2.13. The van der Waals surface area contributed by atoms with Crippen LogP contribution >= 0.6 is 11.6 Å². The van der Waals surface area contributed by atoms with Gasteiger partial charge in [-0.1, -0.05) is 11.6 Å². The van der Waals surface area contributed by atoms with Crippen LogP contribution in [0.2, 0.25) is 5.02 Å². The first-order valence-corrected chi connectivity index (χ1v) is 13.4. The molecule has 10 nitrogen and oxygen atoms in total. The summed E-state index contributed by atoms with van der Waals surface area (Å²) in [5.41, 5.74) is 2.69. The third-order valence-corrected chi connectivity index (χ3v) is 6.42. The van der Waals surface area contributed by atoms with Crippen LogP contribution in [0.25, 0.3) is 11.3 Å². The van der Waals surface area contributed by atoms with E-state index in [1.807, 2.05) is 18.2 Å². The van der Waals surface area contributed by atoms with Gasteiger partial charge in [-0.3, -0.25) is 4.90 Å². The third kappa shape index (κ3) is 7.89. The van der Waals surface area contributed by atoms with Gasteiger partial charge in [0.25, 0.3) is 0 Å². The molecular weight excluding hydrogens is 530 g/mol. The highest BCUT2D eigenvalue weighted by molar-refractivity contribution is 6.30. The number of anilines is 3. The highest BCUT2D eigenvalue weighted by Crippen LogP contribution is 2.31. The Morgan fingerprint density at radius 3 is 2.40 bits per heavy atom. The van der Waals surface area contributed by atoms with Crippen molar-refractivity contribution in [1.82, 2.24) is 19.9 Å². The number of hydrogen-bond donors (Lipinski definition) is 3. The fraction of sp³-hybridized carbons (Fsp3) is 0.241. The summed E-state index contributed by atoms with van der Waals surface area (Å²) in [6.45, 7) is 5.35. The minimum absolute atomic E-state index is 0.364. The van der Waals surface area contributed by atoms with Crippen molar-refractivity contribution in [3.63, 3.8) is 0 Å². The topological polar surface area (TPSA) is 114 Å². The largest absolute Gasteiger partial charge is 0.438 e. The normalized spacial score (nSPS) is 13.4. The quantitative estimate of drug-likeness (QED) is 0.210. The van der Waals surface area contributed by atoms with Gasteiger partial charge < -0.3 is 25.4 Å². The number of nitrogens with zero attached hydrogens (tertiary/aromatic N) is 4. The summed E-state index contributed by atoms with van der Waals surface area (Å²) in [5, 5.41) is 9.47. The van der Waals surface area contributed by atoms with Gasteiger partial charge >= 0.3 is 6.03 Å². The van der Waals surface area contributed by atoms with Crippen molar-refractivity contribution in [2.45, 2.75) is 6.42 Å². The Kier molecular flexibility index (Phi) is 9.36. The van der Waals surface area contributed by atoms with Gasteiger partial charge in [0, 0.05) is 48.4 Å². The number of urea groups is 1. The summed E-state index contributed by atoms with van der Waals surface area (Å²) in [5.74, 6) is 1.54. The monoisotopic (exact) mass is 559 g/mol. The SMILES string of the molecule is O=C(Nc1ccc(Cl)cc1)Nc1ccc(Oc2ncccc2-c2ccnc(NCCCN3CCOCC3)n2)cc1. The zero-order valence-electron chi connectivity index (χ0n) is 21.8. The molecule has 0 aliphatic carbocycles. The van der Waals surface area contributed by atoms with Gasteiger partial charge in [-0.05, 0) is 79.7 Å². The first kappa shape index (κ1) is 27.3. The number of nitrogens with one attached hydrogen (secondary N) is 3. The van der Waals surface area contributed by atoms with E-state index in [1.54, 1.807) is 60.9 Å². The van der Waals surface area contributed by atoms with E-state index in [-0.39, 0.29) is 6.03 Å². The van der Waals surface area contributed by atoms with Gasteiger partial charge in [-0.2, -0.15) is 0 Å². The molecule has 0 atom stereocenters. The lowest BCUT2D eigenvalue weighted by atomic mass is 10.2. The molecule has 2 aromatic carbocycles. The number of carbonyl (C=O) groups excluding carboxylic acids is 1. The molecule has 3 N–H and O–H groups in total. The first-order chi connectivity index (χ1) is 19.6. The molecule has 0 unspecified atom stereocenters. The number of benzene rings is 2. The van der Waals surface area contributed by atoms with Crippen LogP contribution in [0.3, 0.4) is 0 Å². The molecule has 1 aliphatic rings. The number of hydrogen-bond acceptors (Lipinski definition) is 8. The number of morpholine rings is 1. The summed E-state index contributed by atoms with van der Waals surface area (Å²) in [4.78, 5) is 28.2. The second kappa shape index (κ2) is 13.7. The van der Waals surface area contributed by atoms with Crippen molar-refractivity contribution in [1.29, 1.82) is 0 Å². The molecule has 11 heteroatoms. The van der Waals surface area contributed by atoms with E-state index in [2.05, 4.69) is 35.8 Å². The van der Waals surface area contributed by atoms with E-state index in [0.29, 0.717) is 39.7 Å². The molecule has 2 aromatic heterocycles. The van der Waals surface area contributed by atoms with Crippen LogP contribution in [0.15, 0.2) is 79.1 Å². The van der Waals surface area contributed by atoms with Gasteiger partial charge in [0.05, 0.1) is 24.5 Å². The molecule has 0 spiro atoms. The van der Waals surface area contributed by atoms with Gasteiger partial charge in [0.2, 0.25) is 11.8 Å². The standard InChI is InChI=1S/C29H30ClN7O3/c30-21-4-6-22(7-5-21)34-29(38)35-23-8-10-24(11-9-23)40-27-25(3-1-13-31-27)26-12-15-33-28(36-26)32-14-2-16-37-17-19-39-20-18-37/h1,3-13,15H,2,14,16-20H2,(H,32,33,36)(H2,34,35,38). The van der Waals surface area contributed by atoms with Crippen LogP contribution in [0.4, 0.5) is 22.1 Å². The smallest absolute Gasteiger partial charge is 0.323 e. The molecule has 5 rings (SSSR count). The van der Waals surface area contributed by atoms with E-state index in [9.17, 15) is 4.79 Å². The highest BCUT2D eigenvalue weighted by atomic mass is 35.5. The number of rotatable bonds is 10. The Labute approximate surface area is 237 Å². The first-order valence-electron chi connectivity index (χ1n) is 13.1. The van der Waals surface area contributed by atoms with Crippen molar-refractivity contribution >= 4 is 35.0 Å². The van der Waals surface area contributed by atoms with Gasteiger partial charge in [0.1, 0.15) is 5.75 Å². The minimum Gasteiger partial charge on any atom is -0.438 e. The lowest BCUT2D eigenvalue weighted by Gasteiger charge is -2.26. The molecule has 0 radical (unpaired) electrons. The van der Waals surface area contributed by atoms with Crippen LogP contribution in [0.1, 0.15) is 6.42 Å². The Bertz CT molecular complexity index is 1400. The van der Waals surface area contributed by atoms with Crippen molar-refractivity contribution in [3.8, 4) is 22.9 Å². The van der Waals surface area contributed by atoms with Crippen molar-refractivity contribution in [2.75, 3.05) is 55.3 Å². The maximum absolute atomic E-state index is 12.3. The van der Waals surface area contributed by atoms with Gasteiger partial charge in [-0.25, -0.2) is 19.7 Å². The fourth-order valence-corrected chi connectivity index (χ4v) is 4.26. The maximum Gasteiger partial charge on any atom is 0.323 e. The number of carbonyl (C=O) groups is 1. The maximum atomic E-state index is 12.3. The van der Waals surface area contributed by atoms with Crippen LogP contribution in [-0.4, -0.2) is 65.3 Å². The average Bonchev–Trinajstić information content (AvgIpc) is 2.98. The van der Waals surface area contributed by atoms with Gasteiger partial charge in [0.15, 0.2) is 0 Å². The van der Waals surface area contributed by atoms with E-state index in [0.717, 1.165) is 51.4 Å². The van der Waals surface area contributed by atoms with Crippen molar-refractivity contribution < 1.29 is 14.3 Å². The Hall–Kier alpha value is -4.25. The van der Waals surface area contributed by atoms with Gasteiger partial charge in [-0.15, -0.1) is 0 Å². The predicted molar refractivity (Wildman–Crippen MR) is 156 cm³/mol. The summed E-state index contributed by atoms with van der Waals surface area (Å²) in [6.07, 6.45) is 4.38. The van der Waals surface area contributed by atoms with E-state index >= 15 is 0 Å². The lowest BCUT2D eigenvalue weighted by molar-refractivity contribution is 0.0378. The fourth-order valence-electron chi connectivity index (χ4n) is 4.13. The molecular formula is C29H30ClN7O3. The summed E-state index contributed by atoms with van der Waals surface area (Å²) >= 11 is 5.89. The lowest BCUT2D eigenvalue weighted by Crippen LogP contribution is -2.37. The van der Waals surface area contributed by atoms with E-state index in [1.165, 1.54) is 0 Å². The number of halogens is 1. The Balaban J connectivity index is 1.17. The van der Waals surface area contributed by atoms with Crippen molar-refractivity contribution in [3.05, 3.63) is 84.1 Å². The molecule has 1 aliphatic heterocycles. The number of ether oxygens (including phenoxy) is 2. The number of pyridine rings is 1. The van der Waals surface area contributed by atoms with E-state index in [4.69, 9.17) is 21.1 Å². The second-order valence-corrected chi connectivity index (χ2v) is 9.50. The summed E-state index contributed by atoms with van der Waals surface area (Å²) in [7, 11) is 0. The van der Waals surface area contributed by atoms with Crippen LogP contribution in [0.5, 0.6) is 11.6 Å². The van der Waals surface area contributed by atoms with Crippen LogP contribution < -0.4 is 20.7 Å². The Morgan fingerprint density at radius 2 is 1.65 bits per heavy atom. The molecule has 2 amide bonds. The molecule has 0 saturated carbocycles. The van der Waals surface area contributed by atoms with Crippen molar-refractivity contribution in [2.24, 2.45) is 0 Å². The molecule has 1 fully saturated rings. The average molecular weight is 560 g/mol. The molecule has 206 valence electrons. The third-order valence-electron chi connectivity index (χ3n) is 6.17. The Morgan fingerprint density at radius 1 is 0.925 bits per heavy atom. The molecule has 0 bridgehead atoms. The summed E-state index contributed by atoms with van der Waals surface area (Å²) in [6, 6.07) is 19.1. The second-order valence-electron chi connectivity index (χ2n) is 9.07. The zero-order valence-corrected chi connectivity index (χ0v) is 22.6. The minimum atomic E-state index is -0.364.